The highest BCUT2D eigenvalue weighted by Gasteiger charge is 2.08. The van der Waals surface area contributed by atoms with Gasteiger partial charge in [-0.05, 0) is 24.6 Å². The molecule has 0 aromatic heterocycles. The van der Waals surface area contributed by atoms with Crippen molar-refractivity contribution in [3.05, 3.63) is 28.2 Å². The Morgan fingerprint density at radius 3 is 2.50 bits per heavy atom. The number of amides is 1. The van der Waals surface area contributed by atoms with Gasteiger partial charge in [0.05, 0.1) is 5.56 Å². The van der Waals surface area contributed by atoms with Gasteiger partial charge in [0.1, 0.15) is 0 Å². The Bertz CT molecular complexity index is 474. The first-order valence-electron chi connectivity index (χ1n) is 6.86. The number of halogens is 1. The first-order valence-corrected chi connectivity index (χ1v) is 7.66. The number of nitrogens with one attached hydrogen (secondary N) is 1. The van der Waals surface area contributed by atoms with Crippen LogP contribution in [0.3, 0.4) is 0 Å². The van der Waals surface area contributed by atoms with E-state index in [9.17, 15) is 9.59 Å². The van der Waals surface area contributed by atoms with Crippen molar-refractivity contribution in [2.75, 3.05) is 5.32 Å². The fourth-order valence-corrected chi connectivity index (χ4v) is 2.39. The van der Waals surface area contributed by atoms with E-state index < -0.39 is 5.97 Å². The zero-order valence-corrected chi connectivity index (χ0v) is 13.2. The van der Waals surface area contributed by atoms with E-state index in [1.54, 1.807) is 6.07 Å². The molecule has 5 heteroatoms. The molecule has 110 valence electrons. The fourth-order valence-electron chi connectivity index (χ4n) is 1.90. The minimum absolute atomic E-state index is 0.0732. The molecule has 20 heavy (non-hydrogen) atoms. The monoisotopic (exact) mass is 341 g/mol. The van der Waals surface area contributed by atoms with Crippen molar-refractivity contribution >= 4 is 33.5 Å². The largest absolute Gasteiger partial charge is 0.478 e. The number of carboxylic acid groups (broad SMARTS) is 1. The highest BCUT2D eigenvalue weighted by atomic mass is 79.9. The summed E-state index contributed by atoms with van der Waals surface area (Å²) in [5.41, 5.74) is 0.660. The molecule has 0 unspecified atom stereocenters. The number of carbonyl (C=O) groups is 2. The number of hydrogen-bond acceptors (Lipinski definition) is 2. The molecule has 1 amide bonds. The second kappa shape index (κ2) is 8.74. The van der Waals surface area contributed by atoms with Gasteiger partial charge in [0, 0.05) is 16.6 Å². The van der Waals surface area contributed by atoms with E-state index in [4.69, 9.17) is 5.11 Å². The molecule has 1 rings (SSSR count). The number of rotatable bonds is 8. The van der Waals surface area contributed by atoms with Gasteiger partial charge in [-0.25, -0.2) is 4.79 Å². The van der Waals surface area contributed by atoms with E-state index in [1.165, 1.54) is 25.0 Å². The third-order valence-corrected chi connectivity index (χ3v) is 3.39. The van der Waals surface area contributed by atoms with E-state index in [-0.39, 0.29) is 11.5 Å². The van der Waals surface area contributed by atoms with Crippen LogP contribution in [0, 0.1) is 0 Å². The van der Waals surface area contributed by atoms with Crippen LogP contribution < -0.4 is 5.32 Å². The summed E-state index contributed by atoms with van der Waals surface area (Å²) in [7, 11) is 0. The maximum absolute atomic E-state index is 11.8. The third kappa shape index (κ3) is 6.19. The highest BCUT2D eigenvalue weighted by molar-refractivity contribution is 9.10. The molecule has 1 aromatic rings. The first-order chi connectivity index (χ1) is 9.52. The Hall–Kier alpha value is -1.36. The third-order valence-electron chi connectivity index (χ3n) is 2.94. The quantitative estimate of drug-likeness (QED) is 0.686. The number of benzene rings is 1. The molecule has 0 aliphatic rings. The summed E-state index contributed by atoms with van der Waals surface area (Å²) in [5, 5.41) is 11.7. The lowest BCUT2D eigenvalue weighted by Gasteiger charge is -2.07. The molecule has 0 atom stereocenters. The van der Waals surface area contributed by atoms with Crippen LogP contribution in [0.2, 0.25) is 0 Å². The number of carboxylic acids is 1. The molecule has 4 nitrogen and oxygen atoms in total. The summed E-state index contributed by atoms with van der Waals surface area (Å²) < 4.78 is 0.635. The smallest absolute Gasteiger partial charge is 0.335 e. The minimum Gasteiger partial charge on any atom is -0.478 e. The molecule has 0 saturated carbocycles. The molecular formula is C15H20BrNO3. The van der Waals surface area contributed by atoms with Crippen molar-refractivity contribution in [3.63, 3.8) is 0 Å². The van der Waals surface area contributed by atoms with Gasteiger partial charge in [0.25, 0.3) is 0 Å². The molecule has 2 N–H and O–H groups in total. The van der Waals surface area contributed by atoms with Crippen molar-refractivity contribution < 1.29 is 14.7 Å². The van der Waals surface area contributed by atoms with E-state index >= 15 is 0 Å². The van der Waals surface area contributed by atoms with Crippen molar-refractivity contribution in [2.24, 2.45) is 0 Å². The van der Waals surface area contributed by atoms with Crippen molar-refractivity contribution in [1.29, 1.82) is 0 Å². The Labute approximate surface area is 127 Å². The van der Waals surface area contributed by atoms with Crippen LogP contribution in [0.1, 0.15) is 55.8 Å². The number of hydrogen-bond donors (Lipinski definition) is 2. The SMILES string of the molecule is CCCCCCCC(=O)Nc1cc(Br)cc(C(=O)O)c1. The van der Waals surface area contributed by atoms with Crippen molar-refractivity contribution in [1.82, 2.24) is 0 Å². The Kier molecular flexibility index (Phi) is 7.30. The molecule has 0 spiro atoms. The molecule has 0 radical (unpaired) electrons. The number of anilines is 1. The molecule has 0 bridgehead atoms. The first kappa shape index (κ1) is 16.7. The lowest BCUT2D eigenvalue weighted by atomic mass is 10.1. The van der Waals surface area contributed by atoms with Crippen LogP contribution in [-0.2, 0) is 4.79 Å². The van der Waals surface area contributed by atoms with E-state index in [1.807, 2.05) is 0 Å². The average molecular weight is 342 g/mol. The molecular weight excluding hydrogens is 322 g/mol. The normalized spacial score (nSPS) is 10.3. The fraction of sp³-hybridized carbons (Fsp3) is 0.467. The summed E-state index contributed by atoms with van der Waals surface area (Å²) in [6, 6.07) is 4.66. The van der Waals surface area contributed by atoms with Crippen LogP contribution >= 0.6 is 15.9 Å². The second-order valence-electron chi connectivity index (χ2n) is 4.75. The zero-order chi connectivity index (χ0) is 15.0. The molecule has 1 aromatic carbocycles. The predicted molar refractivity (Wildman–Crippen MR) is 83.1 cm³/mol. The second-order valence-corrected chi connectivity index (χ2v) is 5.66. The lowest BCUT2D eigenvalue weighted by molar-refractivity contribution is -0.116. The molecule has 0 fully saturated rings. The summed E-state index contributed by atoms with van der Waals surface area (Å²) >= 11 is 3.24. The lowest BCUT2D eigenvalue weighted by Crippen LogP contribution is -2.11. The van der Waals surface area contributed by atoms with Crippen LogP contribution in [0.15, 0.2) is 22.7 Å². The average Bonchev–Trinajstić information content (AvgIpc) is 2.37. The highest BCUT2D eigenvalue weighted by Crippen LogP contribution is 2.20. The van der Waals surface area contributed by atoms with Gasteiger partial charge in [-0.2, -0.15) is 0 Å². The topological polar surface area (TPSA) is 66.4 Å². The van der Waals surface area contributed by atoms with Crippen molar-refractivity contribution in [3.8, 4) is 0 Å². The van der Waals surface area contributed by atoms with Gasteiger partial charge in [-0.15, -0.1) is 0 Å². The Balaban J connectivity index is 2.47. The predicted octanol–water partition coefficient (Wildman–Crippen LogP) is 4.45. The van der Waals surface area contributed by atoms with Crippen LogP contribution in [0.4, 0.5) is 5.69 Å². The number of unbranched alkanes of at least 4 members (excludes halogenated alkanes) is 4. The number of carbonyl (C=O) groups excluding carboxylic acids is 1. The summed E-state index contributed by atoms with van der Waals surface area (Å²) in [6.07, 6.45) is 5.94. The van der Waals surface area contributed by atoms with E-state index in [2.05, 4.69) is 28.2 Å². The summed E-state index contributed by atoms with van der Waals surface area (Å²) in [6.45, 7) is 2.15. The summed E-state index contributed by atoms with van der Waals surface area (Å²) in [4.78, 5) is 22.7. The van der Waals surface area contributed by atoms with Gasteiger partial charge >= 0.3 is 5.97 Å². The van der Waals surface area contributed by atoms with E-state index in [0.29, 0.717) is 16.6 Å². The summed E-state index contributed by atoms with van der Waals surface area (Å²) in [5.74, 6) is -1.09. The Morgan fingerprint density at radius 1 is 1.15 bits per heavy atom. The maximum Gasteiger partial charge on any atom is 0.335 e. The van der Waals surface area contributed by atoms with Gasteiger partial charge in [-0.1, -0.05) is 48.5 Å². The minimum atomic E-state index is -1.01. The molecule has 0 heterocycles. The Morgan fingerprint density at radius 2 is 1.85 bits per heavy atom. The van der Waals surface area contributed by atoms with Crippen LogP contribution in [-0.4, -0.2) is 17.0 Å². The van der Waals surface area contributed by atoms with Gasteiger partial charge < -0.3 is 10.4 Å². The van der Waals surface area contributed by atoms with Crippen LogP contribution in [0.25, 0.3) is 0 Å². The molecule has 0 saturated heterocycles. The standard InChI is InChI=1S/C15H20BrNO3/c1-2-3-4-5-6-7-14(18)17-13-9-11(15(19)20)8-12(16)10-13/h8-10H,2-7H2,1H3,(H,17,18)(H,19,20). The van der Waals surface area contributed by atoms with Gasteiger partial charge in [-0.3, -0.25) is 4.79 Å². The van der Waals surface area contributed by atoms with Crippen molar-refractivity contribution in [2.45, 2.75) is 45.4 Å². The van der Waals surface area contributed by atoms with Crippen LogP contribution in [0.5, 0.6) is 0 Å². The number of aromatic carboxylic acids is 1. The maximum atomic E-state index is 11.8. The molecule has 0 aliphatic carbocycles. The van der Waals surface area contributed by atoms with E-state index in [0.717, 1.165) is 19.3 Å². The van der Waals surface area contributed by atoms with Gasteiger partial charge in [0.15, 0.2) is 0 Å². The zero-order valence-electron chi connectivity index (χ0n) is 11.6. The van der Waals surface area contributed by atoms with Gasteiger partial charge in [0.2, 0.25) is 5.91 Å². The molecule has 0 aliphatic heterocycles.